The van der Waals surface area contributed by atoms with Crippen LogP contribution in [-0.2, 0) is 11.2 Å². The summed E-state index contributed by atoms with van der Waals surface area (Å²) < 4.78 is 0. The molecule has 21 heavy (non-hydrogen) atoms. The van der Waals surface area contributed by atoms with Gasteiger partial charge in [-0.25, -0.2) is 4.98 Å². The normalized spacial score (nSPS) is 10.6. The predicted molar refractivity (Wildman–Crippen MR) is 89.3 cm³/mol. The highest BCUT2D eigenvalue weighted by Gasteiger charge is 2.11. The van der Waals surface area contributed by atoms with Gasteiger partial charge in [0.05, 0.1) is 5.69 Å². The maximum Gasteiger partial charge on any atom is 0.226 e. The molecule has 5 heteroatoms. The number of amides is 1. The fraction of sp³-hybridized carbons (Fsp3) is 0.375. The summed E-state index contributed by atoms with van der Waals surface area (Å²) in [6, 6.07) is 7.80. The van der Waals surface area contributed by atoms with Gasteiger partial charge < -0.3 is 5.32 Å². The van der Waals surface area contributed by atoms with E-state index in [1.165, 1.54) is 11.3 Å². The van der Waals surface area contributed by atoms with Crippen molar-refractivity contribution in [2.75, 3.05) is 5.32 Å². The Morgan fingerprint density at radius 1 is 1.38 bits per heavy atom. The minimum absolute atomic E-state index is 0.0369. The number of rotatable bonds is 6. The van der Waals surface area contributed by atoms with Crippen molar-refractivity contribution in [2.24, 2.45) is 0 Å². The van der Waals surface area contributed by atoms with Crippen LogP contribution >= 0.6 is 22.9 Å². The summed E-state index contributed by atoms with van der Waals surface area (Å²) in [5.41, 5.74) is 2.03. The first-order valence-corrected chi connectivity index (χ1v) is 8.29. The first-order valence-electron chi connectivity index (χ1n) is 7.09. The molecule has 0 aliphatic carbocycles. The summed E-state index contributed by atoms with van der Waals surface area (Å²) in [6.45, 7) is 4.03. The first kappa shape index (κ1) is 16.0. The lowest BCUT2D eigenvalue weighted by Gasteiger charge is -2.02. The third kappa shape index (κ3) is 4.55. The van der Waals surface area contributed by atoms with Crippen LogP contribution < -0.4 is 5.32 Å². The number of carbonyl (C=O) groups is 1. The monoisotopic (exact) mass is 322 g/mol. The van der Waals surface area contributed by atoms with Gasteiger partial charge in [0.1, 0.15) is 0 Å². The maximum absolute atomic E-state index is 11.7. The SMILES string of the molecule is CCCCC(=O)Nc1nc(C)c(Cc2ccccc2Cl)s1. The number of halogens is 1. The smallest absolute Gasteiger partial charge is 0.226 e. The highest BCUT2D eigenvalue weighted by molar-refractivity contribution is 7.15. The highest BCUT2D eigenvalue weighted by Crippen LogP contribution is 2.27. The second-order valence-electron chi connectivity index (χ2n) is 4.95. The van der Waals surface area contributed by atoms with Crippen LogP contribution in [0.2, 0.25) is 5.02 Å². The van der Waals surface area contributed by atoms with Crippen molar-refractivity contribution < 1.29 is 4.79 Å². The lowest BCUT2D eigenvalue weighted by molar-refractivity contribution is -0.116. The van der Waals surface area contributed by atoms with Crippen molar-refractivity contribution in [2.45, 2.75) is 39.5 Å². The number of anilines is 1. The van der Waals surface area contributed by atoms with Crippen LogP contribution in [0.5, 0.6) is 0 Å². The van der Waals surface area contributed by atoms with E-state index in [4.69, 9.17) is 11.6 Å². The van der Waals surface area contributed by atoms with Gasteiger partial charge in [-0.05, 0) is 25.0 Å². The zero-order valence-electron chi connectivity index (χ0n) is 12.3. The number of unbranched alkanes of at least 4 members (excludes halogenated alkanes) is 1. The van der Waals surface area contributed by atoms with E-state index in [0.29, 0.717) is 11.6 Å². The van der Waals surface area contributed by atoms with E-state index in [0.717, 1.165) is 40.4 Å². The summed E-state index contributed by atoms with van der Waals surface area (Å²) in [6.07, 6.45) is 3.22. The Kier molecular flexibility index (Phi) is 5.76. The minimum Gasteiger partial charge on any atom is -0.302 e. The number of hydrogen-bond donors (Lipinski definition) is 1. The van der Waals surface area contributed by atoms with Crippen molar-refractivity contribution in [3.05, 3.63) is 45.4 Å². The van der Waals surface area contributed by atoms with Gasteiger partial charge in [-0.3, -0.25) is 4.79 Å². The molecule has 1 aromatic heterocycles. The summed E-state index contributed by atoms with van der Waals surface area (Å²) in [5.74, 6) is 0.0369. The second kappa shape index (κ2) is 7.57. The lowest BCUT2D eigenvalue weighted by atomic mass is 10.1. The molecular formula is C16H19ClN2OS. The third-order valence-electron chi connectivity index (χ3n) is 3.21. The van der Waals surface area contributed by atoms with Crippen LogP contribution in [-0.4, -0.2) is 10.9 Å². The molecule has 112 valence electrons. The number of nitrogens with zero attached hydrogens (tertiary/aromatic N) is 1. The number of aryl methyl sites for hydroxylation is 1. The van der Waals surface area contributed by atoms with Crippen molar-refractivity contribution >= 4 is 34.0 Å². The second-order valence-corrected chi connectivity index (χ2v) is 6.44. The Morgan fingerprint density at radius 3 is 2.86 bits per heavy atom. The van der Waals surface area contributed by atoms with Gasteiger partial charge in [0, 0.05) is 22.7 Å². The van der Waals surface area contributed by atoms with Gasteiger partial charge in [-0.15, -0.1) is 11.3 Å². The molecule has 0 atom stereocenters. The number of hydrogen-bond acceptors (Lipinski definition) is 3. The minimum atomic E-state index is 0.0369. The Labute approximate surface area is 134 Å². The quantitative estimate of drug-likeness (QED) is 0.828. The van der Waals surface area contributed by atoms with E-state index in [2.05, 4.69) is 17.2 Å². The van der Waals surface area contributed by atoms with E-state index in [1.54, 1.807) is 0 Å². The molecule has 0 saturated heterocycles. The summed E-state index contributed by atoms with van der Waals surface area (Å²) in [7, 11) is 0. The molecule has 0 spiro atoms. The van der Waals surface area contributed by atoms with E-state index in [9.17, 15) is 4.79 Å². The average molecular weight is 323 g/mol. The predicted octanol–water partition coefficient (Wildman–Crippen LogP) is 4.82. The van der Waals surface area contributed by atoms with Crippen molar-refractivity contribution in [3.63, 3.8) is 0 Å². The summed E-state index contributed by atoms with van der Waals surface area (Å²) in [5, 5.41) is 4.31. The molecule has 0 radical (unpaired) electrons. The molecule has 3 nitrogen and oxygen atoms in total. The molecule has 1 heterocycles. The molecule has 2 aromatic rings. The molecule has 0 saturated carbocycles. The molecule has 0 fully saturated rings. The number of carbonyl (C=O) groups excluding carboxylic acids is 1. The van der Waals surface area contributed by atoms with Gasteiger partial charge in [-0.1, -0.05) is 43.1 Å². The van der Waals surface area contributed by atoms with Crippen LogP contribution in [0, 0.1) is 6.92 Å². The zero-order chi connectivity index (χ0) is 15.2. The Morgan fingerprint density at radius 2 is 2.14 bits per heavy atom. The number of aromatic nitrogens is 1. The van der Waals surface area contributed by atoms with Crippen LogP contribution in [0.4, 0.5) is 5.13 Å². The molecule has 0 aliphatic rings. The van der Waals surface area contributed by atoms with Gasteiger partial charge in [-0.2, -0.15) is 0 Å². The third-order valence-corrected chi connectivity index (χ3v) is 4.65. The van der Waals surface area contributed by atoms with E-state index >= 15 is 0 Å². The van der Waals surface area contributed by atoms with E-state index < -0.39 is 0 Å². The maximum atomic E-state index is 11.7. The van der Waals surface area contributed by atoms with Gasteiger partial charge in [0.2, 0.25) is 5.91 Å². The number of nitrogens with one attached hydrogen (secondary N) is 1. The zero-order valence-corrected chi connectivity index (χ0v) is 13.9. The Balaban J connectivity index is 2.06. The van der Waals surface area contributed by atoms with Crippen LogP contribution in [0.1, 0.15) is 42.3 Å². The van der Waals surface area contributed by atoms with E-state index in [1.807, 2.05) is 31.2 Å². The molecule has 2 rings (SSSR count). The summed E-state index contributed by atoms with van der Waals surface area (Å²) >= 11 is 7.71. The summed E-state index contributed by atoms with van der Waals surface area (Å²) in [4.78, 5) is 17.3. The van der Waals surface area contributed by atoms with Crippen LogP contribution in [0.3, 0.4) is 0 Å². The first-order chi connectivity index (χ1) is 10.1. The molecular weight excluding hydrogens is 304 g/mol. The topological polar surface area (TPSA) is 42.0 Å². The highest BCUT2D eigenvalue weighted by atomic mass is 35.5. The molecule has 1 N–H and O–H groups in total. The molecule has 1 amide bonds. The average Bonchev–Trinajstić information content (AvgIpc) is 2.79. The lowest BCUT2D eigenvalue weighted by Crippen LogP contribution is -2.10. The van der Waals surface area contributed by atoms with Gasteiger partial charge in [0.15, 0.2) is 5.13 Å². The Hall–Kier alpha value is -1.39. The largest absolute Gasteiger partial charge is 0.302 e. The van der Waals surface area contributed by atoms with Crippen molar-refractivity contribution in [1.29, 1.82) is 0 Å². The Bertz CT molecular complexity index is 624. The number of benzene rings is 1. The molecule has 0 aliphatic heterocycles. The fourth-order valence-corrected chi connectivity index (χ4v) is 3.18. The molecule has 0 unspecified atom stereocenters. The van der Waals surface area contributed by atoms with E-state index in [-0.39, 0.29) is 5.91 Å². The standard InChI is InChI=1S/C16H19ClN2OS/c1-3-4-9-15(20)19-16-18-11(2)14(21-16)10-12-7-5-6-8-13(12)17/h5-8H,3-4,9-10H2,1-2H3,(H,18,19,20). The van der Waals surface area contributed by atoms with Gasteiger partial charge >= 0.3 is 0 Å². The van der Waals surface area contributed by atoms with Crippen LogP contribution in [0.25, 0.3) is 0 Å². The molecule has 1 aromatic carbocycles. The molecule has 0 bridgehead atoms. The van der Waals surface area contributed by atoms with Crippen LogP contribution in [0.15, 0.2) is 24.3 Å². The van der Waals surface area contributed by atoms with Gasteiger partial charge in [0.25, 0.3) is 0 Å². The van der Waals surface area contributed by atoms with Crippen molar-refractivity contribution in [3.8, 4) is 0 Å². The number of thiazole rings is 1. The van der Waals surface area contributed by atoms with Crippen molar-refractivity contribution in [1.82, 2.24) is 4.98 Å². The fourth-order valence-electron chi connectivity index (χ4n) is 1.98.